The van der Waals surface area contributed by atoms with E-state index in [1.54, 1.807) is 6.26 Å². The molecular weight excluding hydrogens is 304 g/mol. The van der Waals surface area contributed by atoms with Gasteiger partial charge in [-0.3, -0.25) is 4.79 Å². The Morgan fingerprint density at radius 1 is 1.25 bits per heavy atom. The van der Waals surface area contributed by atoms with Crippen LogP contribution in [0.25, 0.3) is 10.9 Å². The van der Waals surface area contributed by atoms with Gasteiger partial charge in [0.05, 0.1) is 11.8 Å². The number of hydrogen-bond acceptors (Lipinski definition) is 3. The summed E-state index contributed by atoms with van der Waals surface area (Å²) in [4.78, 5) is 11.9. The largest absolute Gasteiger partial charge is 0.483 e. The van der Waals surface area contributed by atoms with Crippen molar-refractivity contribution < 1.29 is 13.9 Å². The lowest BCUT2D eigenvalue weighted by atomic mass is 10.2. The summed E-state index contributed by atoms with van der Waals surface area (Å²) < 4.78 is 13.1. The van der Waals surface area contributed by atoms with Crippen LogP contribution in [0.1, 0.15) is 25.6 Å². The molecule has 3 rings (SSSR count). The van der Waals surface area contributed by atoms with Gasteiger partial charge in [-0.25, -0.2) is 0 Å². The Balaban J connectivity index is 1.56. The maximum Gasteiger partial charge on any atom is 0.257 e. The second-order valence-electron chi connectivity index (χ2n) is 5.97. The van der Waals surface area contributed by atoms with Gasteiger partial charge in [0.2, 0.25) is 0 Å². The van der Waals surface area contributed by atoms with Crippen LogP contribution in [0.15, 0.2) is 53.3 Å². The summed E-state index contributed by atoms with van der Waals surface area (Å²) in [6, 6.07) is 12.0. The summed E-state index contributed by atoms with van der Waals surface area (Å²) in [5, 5.41) is 3.86. The molecule has 0 saturated carbocycles. The van der Waals surface area contributed by atoms with E-state index in [2.05, 4.69) is 29.8 Å². The van der Waals surface area contributed by atoms with Crippen molar-refractivity contribution in [3.63, 3.8) is 0 Å². The van der Waals surface area contributed by atoms with Gasteiger partial charge in [0.1, 0.15) is 11.5 Å². The second kappa shape index (κ2) is 7.25. The van der Waals surface area contributed by atoms with Crippen molar-refractivity contribution in [3.05, 3.63) is 54.6 Å². The van der Waals surface area contributed by atoms with Crippen LogP contribution in [0.2, 0.25) is 0 Å². The number of fused-ring (bicyclic) bond motifs is 1. The van der Waals surface area contributed by atoms with E-state index in [1.165, 1.54) is 0 Å². The van der Waals surface area contributed by atoms with E-state index < -0.39 is 0 Å². The van der Waals surface area contributed by atoms with Gasteiger partial charge in [-0.1, -0.05) is 6.07 Å². The molecule has 1 aromatic carbocycles. The number of carbonyl (C=O) groups excluding carboxylic acids is 1. The van der Waals surface area contributed by atoms with Gasteiger partial charge >= 0.3 is 0 Å². The molecule has 0 unspecified atom stereocenters. The summed E-state index contributed by atoms with van der Waals surface area (Å²) in [5.74, 6) is 1.45. The van der Waals surface area contributed by atoms with Gasteiger partial charge in [-0.05, 0) is 44.2 Å². The Morgan fingerprint density at radius 2 is 2.12 bits per heavy atom. The lowest BCUT2D eigenvalue weighted by Gasteiger charge is -2.11. The number of furan rings is 1. The maximum atomic E-state index is 11.9. The Labute approximate surface area is 141 Å². The summed E-state index contributed by atoms with van der Waals surface area (Å²) >= 11 is 0. The van der Waals surface area contributed by atoms with Crippen molar-refractivity contribution in [1.29, 1.82) is 0 Å². The molecule has 0 bridgehead atoms. The minimum absolute atomic E-state index is 0.00409. The summed E-state index contributed by atoms with van der Waals surface area (Å²) in [5.41, 5.74) is 1.11. The number of carbonyl (C=O) groups is 1. The highest BCUT2D eigenvalue weighted by molar-refractivity contribution is 5.87. The van der Waals surface area contributed by atoms with E-state index in [1.807, 2.05) is 36.5 Å². The van der Waals surface area contributed by atoms with E-state index in [0.29, 0.717) is 19.0 Å². The van der Waals surface area contributed by atoms with Crippen molar-refractivity contribution in [2.24, 2.45) is 0 Å². The molecule has 0 spiro atoms. The second-order valence-corrected chi connectivity index (χ2v) is 5.97. The molecule has 1 amide bonds. The fourth-order valence-electron chi connectivity index (χ4n) is 2.71. The third kappa shape index (κ3) is 3.62. The number of nitrogens with one attached hydrogen (secondary N) is 1. The van der Waals surface area contributed by atoms with Crippen molar-refractivity contribution >= 4 is 16.8 Å². The van der Waals surface area contributed by atoms with Gasteiger partial charge in [0.25, 0.3) is 5.91 Å². The molecule has 0 atom stereocenters. The van der Waals surface area contributed by atoms with E-state index in [0.717, 1.165) is 22.4 Å². The first-order valence-corrected chi connectivity index (χ1v) is 8.16. The fraction of sp³-hybridized carbons (Fsp3) is 0.316. The molecule has 0 aliphatic carbocycles. The Kier molecular flexibility index (Phi) is 4.89. The van der Waals surface area contributed by atoms with Crippen LogP contribution in [0.3, 0.4) is 0 Å². The first kappa shape index (κ1) is 16.2. The van der Waals surface area contributed by atoms with Crippen molar-refractivity contribution in [2.75, 3.05) is 13.2 Å². The van der Waals surface area contributed by atoms with Gasteiger partial charge in [0.15, 0.2) is 6.61 Å². The van der Waals surface area contributed by atoms with Gasteiger partial charge in [-0.15, -0.1) is 0 Å². The first-order chi connectivity index (χ1) is 11.6. The number of hydrogen-bond donors (Lipinski definition) is 1. The number of amides is 1. The highest BCUT2D eigenvalue weighted by atomic mass is 16.5. The molecule has 24 heavy (non-hydrogen) atoms. The molecule has 0 fully saturated rings. The SMILES string of the molecule is CC(C)n1ccc2c(OCC(=O)NCCc3ccco3)cccc21. The standard InChI is InChI=1S/C19H22N2O3/c1-14(2)21-11-9-16-17(21)6-3-7-18(16)24-13-19(22)20-10-8-15-5-4-12-23-15/h3-7,9,11-12,14H,8,10,13H2,1-2H3,(H,20,22). The molecular formula is C19H22N2O3. The molecule has 126 valence electrons. The van der Waals surface area contributed by atoms with Crippen molar-refractivity contribution in [1.82, 2.24) is 9.88 Å². The average Bonchev–Trinajstić information content (AvgIpc) is 3.22. The van der Waals surface area contributed by atoms with Crippen LogP contribution >= 0.6 is 0 Å². The lowest BCUT2D eigenvalue weighted by Crippen LogP contribution is -2.30. The van der Waals surface area contributed by atoms with Gasteiger partial charge in [0, 0.05) is 30.6 Å². The molecule has 3 aromatic rings. The zero-order valence-corrected chi connectivity index (χ0v) is 14.0. The smallest absolute Gasteiger partial charge is 0.257 e. The molecule has 1 N–H and O–H groups in total. The molecule has 2 aromatic heterocycles. The van der Waals surface area contributed by atoms with E-state index >= 15 is 0 Å². The molecule has 0 aliphatic heterocycles. The number of benzene rings is 1. The highest BCUT2D eigenvalue weighted by Gasteiger charge is 2.10. The van der Waals surface area contributed by atoms with Crippen LogP contribution in [-0.2, 0) is 11.2 Å². The van der Waals surface area contributed by atoms with Crippen molar-refractivity contribution in [2.45, 2.75) is 26.3 Å². The van der Waals surface area contributed by atoms with Crippen molar-refractivity contribution in [3.8, 4) is 5.75 Å². The van der Waals surface area contributed by atoms with E-state index in [9.17, 15) is 4.79 Å². The van der Waals surface area contributed by atoms with E-state index in [4.69, 9.17) is 9.15 Å². The molecule has 0 saturated heterocycles. The van der Waals surface area contributed by atoms with Gasteiger partial charge in [-0.2, -0.15) is 0 Å². The summed E-state index contributed by atoms with van der Waals surface area (Å²) in [7, 11) is 0. The van der Waals surface area contributed by atoms with Crippen LogP contribution in [0, 0.1) is 0 Å². The predicted molar refractivity (Wildman–Crippen MR) is 93.2 cm³/mol. The maximum absolute atomic E-state index is 11.9. The average molecular weight is 326 g/mol. The topological polar surface area (TPSA) is 56.4 Å². The van der Waals surface area contributed by atoms with Crippen LogP contribution < -0.4 is 10.1 Å². The third-order valence-electron chi connectivity index (χ3n) is 3.91. The molecule has 5 heteroatoms. The van der Waals surface area contributed by atoms with Crippen LogP contribution in [0.4, 0.5) is 0 Å². The number of nitrogens with zero attached hydrogens (tertiary/aromatic N) is 1. The quantitative estimate of drug-likeness (QED) is 0.722. The minimum atomic E-state index is -0.137. The third-order valence-corrected chi connectivity index (χ3v) is 3.91. The molecule has 0 aliphatic rings. The van der Waals surface area contributed by atoms with Gasteiger partial charge < -0.3 is 19.0 Å². The Morgan fingerprint density at radius 3 is 2.88 bits per heavy atom. The van der Waals surface area contributed by atoms with E-state index in [-0.39, 0.29) is 12.5 Å². The zero-order valence-electron chi connectivity index (χ0n) is 14.0. The molecule has 5 nitrogen and oxygen atoms in total. The number of aromatic nitrogens is 1. The molecule has 2 heterocycles. The molecule has 0 radical (unpaired) electrons. The number of rotatable bonds is 7. The number of ether oxygens (including phenoxy) is 1. The monoisotopic (exact) mass is 326 g/mol. The zero-order chi connectivity index (χ0) is 16.9. The Bertz CT molecular complexity index is 803. The summed E-state index contributed by atoms with van der Waals surface area (Å²) in [6.07, 6.45) is 4.35. The summed E-state index contributed by atoms with van der Waals surface area (Å²) in [6.45, 7) is 4.81. The predicted octanol–water partition coefficient (Wildman–Crippen LogP) is 3.55. The Hall–Kier alpha value is -2.69. The fourth-order valence-corrected chi connectivity index (χ4v) is 2.71. The van der Waals surface area contributed by atoms with Crippen LogP contribution in [-0.4, -0.2) is 23.6 Å². The highest BCUT2D eigenvalue weighted by Crippen LogP contribution is 2.28. The lowest BCUT2D eigenvalue weighted by molar-refractivity contribution is -0.123. The normalized spacial score (nSPS) is 11.1. The first-order valence-electron chi connectivity index (χ1n) is 8.16. The van der Waals surface area contributed by atoms with Crippen LogP contribution in [0.5, 0.6) is 5.75 Å². The minimum Gasteiger partial charge on any atom is -0.483 e.